The van der Waals surface area contributed by atoms with Crippen LogP contribution in [0.1, 0.15) is 18.9 Å². The molecule has 1 aromatic rings. The van der Waals surface area contributed by atoms with Crippen molar-refractivity contribution in [3.05, 3.63) is 29.8 Å². The first-order chi connectivity index (χ1) is 6.16. The lowest BCUT2D eigenvalue weighted by molar-refractivity contribution is 0.414. The molecule has 0 bridgehead atoms. The van der Waals surface area contributed by atoms with Crippen LogP contribution in [0.5, 0.6) is 5.75 Å². The molecule has 0 heterocycles. The maximum Gasteiger partial charge on any atom is 0.118 e. The zero-order valence-electron chi connectivity index (χ0n) is 8.08. The third-order valence-electron chi connectivity index (χ3n) is 2.99. The molecule has 2 nitrogen and oxygen atoms in total. The molecule has 0 aromatic heterocycles. The van der Waals surface area contributed by atoms with Crippen molar-refractivity contribution in [3.63, 3.8) is 0 Å². The maximum atomic E-state index is 6.16. The smallest absolute Gasteiger partial charge is 0.118 e. The summed E-state index contributed by atoms with van der Waals surface area (Å²) >= 11 is 0. The van der Waals surface area contributed by atoms with Gasteiger partial charge in [0.25, 0.3) is 0 Å². The van der Waals surface area contributed by atoms with E-state index in [4.69, 9.17) is 10.5 Å². The summed E-state index contributed by atoms with van der Waals surface area (Å²) < 4.78 is 5.09. The number of ether oxygens (including phenoxy) is 1. The third kappa shape index (κ3) is 1.31. The highest BCUT2D eigenvalue weighted by Gasteiger charge is 2.48. The monoisotopic (exact) mass is 177 g/mol. The molecule has 0 unspecified atom stereocenters. The standard InChI is InChI=1S/C11H15NO/c1-8-7-11(8,12)9-3-5-10(13-2)6-4-9/h3-6,8H,7,12H2,1-2H3/t8-,11-/m1/s1. The van der Waals surface area contributed by atoms with E-state index in [0.717, 1.165) is 12.2 Å². The van der Waals surface area contributed by atoms with E-state index >= 15 is 0 Å². The minimum Gasteiger partial charge on any atom is -0.497 e. The van der Waals surface area contributed by atoms with E-state index in [-0.39, 0.29) is 5.54 Å². The van der Waals surface area contributed by atoms with Gasteiger partial charge in [0.15, 0.2) is 0 Å². The van der Waals surface area contributed by atoms with Gasteiger partial charge in [0, 0.05) is 5.54 Å². The molecule has 0 saturated heterocycles. The predicted molar refractivity (Wildman–Crippen MR) is 52.6 cm³/mol. The second-order valence-electron chi connectivity index (χ2n) is 3.87. The van der Waals surface area contributed by atoms with Gasteiger partial charge in [0.05, 0.1) is 7.11 Å². The third-order valence-corrected chi connectivity index (χ3v) is 2.99. The minimum absolute atomic E-state index is 0.0632. The fourth-order valence-corrected chi connectivity index (χ4v) is 1.75. The zero-order chi connectivity index (χ0) is 9.47. The van der Waals surface area contributed by atoms with Crippen molar-refractivity contribution in [3.8, 4) is 5.75 Å². The number of benzene rings is 1. The SMILES string of the molecule is COc1ccc([C@@]2(N)C[C@H]2C)cc1. The van der Waals surface area contributed by atoms with Crippen molar-refractivity contribution >= 4 is 0 Å². The van der Waals surface area contributed by atoms with Crippen LogP contribution >= 0.6 is 0 Å². The van der Waals surface area contributed by atoms with Gasteiger partial charge in [-0.3, -0.25) is 0 Å². The van der Waals surface area contributed by atoms with Gasteiger partial charge < -0.3 is 10.5 Å². The predicted octanol–water partition coefficient (Wildman–Crippen LogP) is 1.89. The molecule has 70 valence electrons. The van der Waals surface area contributed by atoms with Gasteiger partial charge in [-0.15, -0.1) is 0 Å². The molecule has 2 atom stereocenters. The van der Waals surface area contributed by atoms with Crippen molar-refractivity contribution < 1.29 is 4.74 Å². The van der Waals surface area contributed by atoms with Crippen LogP contribution in [0.15, 0.2) is 24.3 Å². The Morgan fingerprint density at radius 1 is 1.38 bits per heavy atom. The first-order valence-electron chi connectivity index (χ1n) is 4.60. The average molecular weight is 177 g/mol. The van der Waals surface area contributed by atoms with E-state index in [2.05, 4.69) is 19.1 Å². The molecule has 13 heavy (non-hydrogen) atoms. The molecule has 1 aliphatic carbocycles. The van der Waals surface area contributed by atoms with E-state index in [1.165, 1.54) is 5.56 Å². The van der Waals surface area contributed by atoms with Crippen molar-refractivity contribution in [2.75, 3.05) is 7.11 Å². The Morgan fingerprint density at radius 3 is 2.31 bits per heavy atom. The maximum absolute atomic E-state index is 6.16. The molecule has 1 fully saturated rings. The number of hydrogen-bond acceptors (Lipinski definition) is 2. The summed E-state index contributed by atoms with van der Waals surface area (Å²) in [5.74, 6) is 1.50. The Labute approximate surface area is 78.7 Å². The minimum atomic E-state index is -0.0632. The van der Waals surface area contributed by atoms with E-state index < -0.39 is 0 Å². The van der Waals surface area contributed by atoms with E-state index in [1.807, 2.05) is 12.1 Å². The highest BCUT2D eigenvalue weighted by Crippen LogP contribution is 2.49. The summed E-state index contributed by atoms with van der Waals surface area (Å²) in [6.45, 7) is 2.18. The van der Waals surface area contributed by atoms with Crippen LogP contribution in [0, 0.1) is 5.92 Å². The van der Waals surface area contributed by atoms with Gasteiger partial charge in [-0.2, -0.15) is 0 Å². The lowest BCUT2D eigenvalue weighted by Crippen LogP contribution is -2.21. The number of nitrogens with two attached hydrogens (primary N) is 1. The Hall–Kier alpha value is -1.02. The first kappa shape index (κ1) is 8.57. The van der Waals surface area contributed by atoms with Gasteiger partial charge in [-0.05, 0) is 30.0 Å². The topological polar surface area (TPSA) is 35.2 Å². The molecular weight excluding hydrogens is 162 g/mol. The van der Waals surface area contributed by atoms with Gasteiger partial charge in [0.1, 0.15) is 5.75 Å². The Bertz CT molecular complexity index is 306. The molecule has 0 amide bonds. The number of methoxy groups -OCH3 is 1. The summed E-state index contributed by atoms with van der Waals surface area (Å²) in [6.07, 6.45) is 1.10. The molecule has 0 radical (unpaired) electrons. The van der Waals surface area contributed by atoms with Gasteiger partial charge in [0.2, 0.25) is 0 Å². The van der Waals surface area contributed by atoms with Crippen LogP contribution in [0.3, 0.4) is 0 Å². The zero-order valence-corrected chi connectivity index (χ0v) is 8.08. The van der Waals surface area contributed by atoms with Crippen molar-refractivity contribution in [1.82, 2.24) is 0 Å². The van der Waals surface area contributed by atoms with E-state index in [9.17, 15) is 0 Å². The fraction of sp³-hybridized carbons (Fsp3) is 0.455. The Morgan fingerprint density at radius 2 is 1.92 bits per heavy atom. The van der Waals surface area contributed by atoms with Crippen LogP contribution in [0.2, 0.25) is 0 Å². The number of rotatable bonds is 2. The molecular formula is C11H15NO. The Kier molecular flexibility index (Phi) is 1.81. The molecule has 2 heteroatoms. The van der Waals surface area contributed by atoms with Crippen molar-refractivity contribution in [2.45, 2.75) is 18.9 Å². The molecule has 1 aliphatic rings. The highest BCUT2D eigenvalue weighted by molar-refractivity contribution is 5.35. The molecule has 0 aliphatic heterocycles. The molecule has 1 saturated carbocycles. The van der Waals surface area contributed by atoms with E-state index in [1.54, 1.807) is 7.11 Å². The quantitative estimate of drug-likeness (QED) is 0.748. The lowest BCUT2D eigenvalue weighted by Gasteiger charge is -2.10. The molecule has 0 spiro atoms. The van der Waals surface area contributed by atoms with Gasteiger partial charge >= 0.3 is 0 Å². The van der Waals surface area contributed by atoms with Gasteiger partial charge in [-0.25, -0.2) is 0 Å². The first-order valence-corrected chi connectivity index (χ1v) is 4.60. The lowest BCUT2D eigenvalue weighted by atomic mass is 10.0. The summed E-state index contributed by atoms with van der Waals surface area (Å²) in [7, 11) is 1.67. The van der Waals surface area contributed by atoms with Crippen LogP contribution in [0.25, 0.3) is 0 Å². The van der Waals surface area contributed by atoms with Crippen LogP contribution in [-0.4, -0.2) is 7.11 Å². The fourth-order valence-electron chi connectivity index (χ4n) is 1.75. The van der Waals surface area contributed by atoms with Gasteiger partial charge in [-0.1, -0.05) is 19.1 Å². The largest absolute Gasteiger partial charge is 0.497 e. The highest BCUT2D eigenvalue weighted by atomic mass is 16.5. The van der Waals surface area contributed by atoms with Crippen LogP contribution < -0.4 is 10.5 Å². The Balaban J connectivity index is 2.24. The molecule has 2 N–H and O–H groups in total. The summed E-state index contributed by atoms with van der Waals surface area (Å²) in [5, 5.41) is 0. The van der Waals surface area contributed by atoms with Crippen molar-refractivity contribution in [1.29, 1.82) is 0 Å². The van der Waals surface area contributed by atoms with Crippen LogP contribution in [-0.2, 0) is 5.54 Å². The summed E-state index contributed by atoms with van der Waals surface area (Å²) in [4.78, 5) is 0. The average Bonchev–Trinajstić information content (AvgIpc) is 2.76. The second-order valence-corrected chi connectivity index (χ2v) is 3.87. The van der Waals surface area contributed by atoms with Crippen LogP contribution in [0.4, 0.5) is 0 Å². The molecule has 1 aromatic carbocycles. The summed E-state index contributed by atoms with van der Waals surface area (Å²) in [6, 6.07) is 8.05. The summed E-state index contributed by atoms with van der Waals surface area (Å²) in [5.41, 5.74) is 7.32. The molecule has 2 rings (SSSR count). The number of hydrogen-bond donors (Lipinski definition) is 1. The normalized spacial score (nSPS) is 31.5. The van der Waals surface area contributed by atoms with Crippen molar-refractivity contribution in [2.24, 2.45) is 11.7 Å². The van der Waals surface area contributed by atoms with E-state index in [0.29, 0.717) is 5.92 Å². The second kappa shape index (κ2) is 2.74.